The highest BCUT2D eigenvalue weighted by molar-refractivity contribution is 7.80. The first-order valence-corrected chi connectivity index (χ1v) is 7.99. The molecule has 2 aromatic rings. The van der Waals surface area contributed by atoms with Gasteiger partial charge in [-0.3, -0.25) is 5.43 Å². The van der Waals surface area contributed by atoms with Gasteiger partial charge in [-0.25, -0.2) is 0 Å². The molecule has 0 bridgehead atoms. The van der Waals surface area contributed by atoms with Crippen molar-refractivity contribution in [3.63, 3.8) is 0 Å². The molecular formula is C18H21N3O3S. The summed E-state index contributed by atoms with van der Waals surface area (Å²) in [4.78, 5) is 0. The summed E-state index contributed by atoms with van der Waals surface area (Å²) in [6.45, 7) is 0.627. The molecule has 132 valence electrons. The normalized spacial score (nSPS) is 10.4. The molecule has 0 unspecified atom stereocenters. The number of methoxy groups -OCH3 is 3. The first-order valence-electron chi connectivity index (χ1n) is 7.58. The van der Waals surface area contributed by atoms with Crippen LogP contribution in [0, 0.1) is 0 Å². The first-order chi connectivity index (χ1) is 12.2. The largest absolute Gasteiger partial charge is 0.496 e. The van der Waals surface area contributed by atoms with Crippen LogP contribution >= 0.6 is 12.2 Å². The summed E-state index contributed by atoms with van der Waals surface area (Å²) < 4.78 is 15.9. The van der Waals surface area contributed by atoms with Gasteiger partial charge in [0.15, 0.2) is 16.6 Å². The fourth-order valence-electron chi connectivity index (χ4n) is 2.13. The van der Waals surface area contributed by atoms with Gasteiger partial charge < -0.3 is 19.5 Å². The van der Waals surface area contributed by atoms with Crippen molar-refractivity contribution in [1.29, 1.82) is 0 Å². The van der Waals surface area contributed by atoms with E-state index in [9.17, 15) is 0 Å². The summed E-state index contributed by atoms with van der Waals surface area (Å²) >= 11 is 5.21. The molecule has 0 aliphatic carbocycles. The van der Waals surface area contributed by atoms with E-state index >= 15 is 0 Å². The Balaban J connectivity index is 1.97. The summed E-state index contributed by atoms with van der Waals surface area (Å²) in [5.41, 5.74) is 4.65. The molecule has 0 heterocycles. The third kappa shape index (κ3) is 5.36. The number of benzene rings is 2. The summed E-state index contributed by atoms with van der Waals surface area (Å²) in [6.07, 6.45) is 1.61. The second-order valence-electron chi connectivity index (χ2n) is 4.99. The second kappa shape index (κ2) is 9.48. The Hall–Kier alpha value is -2.80. The zero-order chi connectivity index (χ0) is 18.1. The maximum atomic E-state index is 5.35. The molecule has 0 atom stereocenters. The maximum Gasteiger partial charge on any atom is 0.187 e. The summed E-state index contributed by atoms with van der Waals surface area (Å²) in [5, 5.41) is 7.65. The van der Waals surface area contributed by atoms with Crippen molar-refractivity contribution in [1.82, 2.24) is 10.7 Å². The van der Waals surface area contributed by atoms with Crippen LogP contribution in [0.2, 0.25) is 0 Å². The summed E-state index contributed by atoms with van der Waals surface area (Å²) in [7, 11) is 4.73. The van der Waals surface area contributed by atoms with Crippen LogP contribution in [-0.4, -0.2) is 32.7 Å². The van der Waals surface area contributed by atoms with Crippen molar-refractivity contribution in [3.8, 4) is 17.2 Å². The molecule has 0 spiro atoms. The Bertz CT molecular complexity index is 736. The Morgan fingerprint density at radius 2 is 1.64 bits per heavy atom. The molecule has 0 aromatic heterocycles. The van der Waals surface area contributed by atoms with E-state index in [4.69, 9.17) is 26.4 Å². The molecular weight excluding hydrogens is 338 g/mol. The Kier molecular flexibility index (Phi) is 7.03. The van der Waals surface area contributed by atoms with E-state index < -0.39 is 0 Å². The minimum absolute atomic E-state index is 0.430. The van der Waals surface area contributed by atoms with Crippen LogP contribution in [0.5, 0.6) is 17.2 Å². The molecule has 6 nitrogen and oxygen atoms in total. The Morgan fingerprint density at radius 3 is 2.28 bits per heavy atom. The predicted molar refractivity (Wildman–Crippen MR) is 103 cm³/mol. The quantitative estimate of drug-likeness (QED) is 0.450. The number of rotatable bonds is 7. The number of hydrazone groups is 1. The number of nitrogens with one attached hydrogen (secondary N) is 2. The standard InChI is InChI=1S/C18H21N3O3S/c1-22-15-10-17(24-3)16(23-2)9-14(15)12-20-21-18(25)19-11-13-7-5-4-6-8-13/h4-10,12H,11H2,1-3H3,(H2,19,21,25). The minimum atomic E-state index is 0.430. The SMILES string of the molecule is COc1cc(OC)c(OC)cc1C=NNC(=S)NCc1ccccc1. The van der Waals surface area contributed by atoms with Crippen molar-refractivity contribution < 1.29 is 14.2 Å². The van der Waals surface area contributed by atoms with Crippen LogP contribution in [0.4, 0.5) is 0 Å². The van der Waals surface area contributed by atoms with Crippen molar-refractivity contribution >= 4 is 23.5 Å². The molecule has 0 saturated heterocycles. The molecule has 0 aliphatic rings. The van der Waals surface area contributed by atoms with Gasteiger partial charge in [-0.2, -0.15) is 5.10 Å². The minimum Gasteiger partial charge on any atom is -0.496 e. The molecule has 25 heavy (non-hydrogen) atoms. The van der Waals surface area contributed by atoms with E-state index in [1.807, 2.05) is 30.3 Å². The Labute approximate surface area is 152 Å². The molecule has 2 aromatic carbocycles. The number of hydrogen-bond donors (Lipinski definition) is 2. The molecule has 0 saturated carbocycles. The van der Waals surface area contributed by atoms with E-state index in [0.29, 0.717) is 28.9 Å². The second-order valence-corrected chi connectivity index (χ2v) is 5.40. The van der Waals surface area contributed by atoms with E-state index in [2.05, 4.69) is 15.8 Å². The van der Waals surface area contributed by atoms with Crippen LogP contribution in [-0.2, 0) is 6.54 Å². The molecule has 0 fully saturated rings. The van der Waals surface area contributed by atoms with Gasteiger partial charge in [0.25, 0.3) is 0 Å². The van der Waals surface area contributed by atoms with Gasteiger partial charge >= 0.3 is 0 Å². The van der Waals surface area contributed by atoms with Crippen LogP contribution in [0.1, 0.15) is 11.1 Å². The average molecular weight is 359 g/mol. The highest BCUT2D eigenvalue weighted by Gasteiger charge is 2.10. The van der Waals surface area contributed by atoms with Crippen LogP contribution < -0.4 is 25.0 Å². The maximum absolute atomic E-state index is 5.35. The van der Waals surface area contributed by atoms with Crippen LogP contribution in [0.15, 0.2) is 47.6 Å². The Morgan fingerprint density at radius 1 is 1.00 bits per heavy atom. The van der Waals surface area contributed by atoms with Gasteiger partial charge in [0.1, 0.15) is 5.75 Å². The average Bonchev–Trinajstić information content (AvgIpc) is 2.66. The fraction of sp³-hybridized carbons (Fsp3) is 0.222. The first kappa shape index (κ1) is 18.5. The van der Waals surface area contributed by atoms with E-state index in [1.165, 1.54) is 0 Å². The molecule has 2 N–H and O–H groups in total. The van der Waals surface area contributed by atoms with Crippen LogP contribution in [0.3, 0.4) is 0 Å². The van der Waals surface area contributed by atoms with Crippen molar-refractivity contribution in [3.05, 3.63) is 53.6 Å². The van der Waals surface area contributed by atoms with Gasteiger partial charge in [0, 0.05) is 18.2 Å². The lowest BCUT2D eigenvalue weighted by Gasteiger charge is -2.12. The van der Waals surface area contributed by atoms with Gasteiger partial charge in [-0.15, -0.1) is 0 Å². The lowest BCUT2D eigenvalue weighted by atomic mass is 10.2. The molecule has 0 radical (unpaired) electrons. The van der Waals surface area contributed by atoms with Crippen molar-refractivity contribution in [2.45, 2.75) is 6.54 Å². The zero-order valence-electron chi connectivity index (χ0n) is 14.4. The predicted octanol–water partition coefficient (Wildman–Crippen LogP) is 2.71. The monoisotopic (exact) mass is 359 g/mol. The third-order valence-corrected chi connectivity index (χ3v) is 3.64. The van der Waals surface area contributed by atoms with Gasteiger partial charge in [-0.05, 0) is 23.8 Å². The zero-order valence-corrected chi connectivity index (χ0v) is 15.2. The number of nitrogens with zero attached hydrogens (tertiary/aromatic N) is 1. The van der Waals surface area contributed by atoms with Gasteiger partial charge in [0.05, 0.1) is 27.5 Å². The van der Waals surface area contributed by atoms with Crippen LogP contribution in [0.25, 0.3) is 0 Å². The highest BCUT2D eigenvalue weighted by atomic mass is 32.1. The third-order valence-electron chi connectivity index (χ3n) is 3.40. The lowest BCUT2D eigenvalue weighted by molar-refractivity contribution is 0.349. The lowest BCUT2D eigenvalue weighted by Crippen LogP contribution is -2.31. The highest BCUT2D eigenvalue weighted by Crippen LogP contribution is 2.33. The fourth-order valence-corrected chi connectivity index (χ4v) is 2.26. The van der Waals surface area contributed by atoms with E-state index in [1.54, 1.807) is 39.7 Å². The number of ether oxygens (including phenoxy) is 3. The molecule has 0 amide bonds. The molecule has 7 heteroatoms. The van der Waals surface area contributed by atoms with Gasteiger partial charge in [-0.1, -0.05) is 30.3 Å². The molecule has 2 rings (SSSR count). The summed E-state index contributed by atoms with van der Waals surface area (Å²) in [5.74, 6) is 1.80. The number of thiocarbonyl (C=S) groups is 1. The topological polar surface area (TPSA) is 64.1 Å². The smallest absolute Gasteiger partial charge is 0.187 e. The van der Waals surface area contributed by atoms with E-state index in [0.717, 1.165) is 11.1 Å². The number of hydrogen-bond acceptors (Lipinski definition) is 5. The van der Waals surface area contributed by atoms with Crippen molar-refractivity contribution in [2.24, 2.45) is 5.10 Å². The van der Waals surface area contributed by atoms with Gasteiger partial charge in [0.2, 0.25) is 0 Å². The van der Waals surface area contributed by atoms with Crippen molar-refractivity contribution in [2.75, 3.05) is 21.3 Å². The van der Waals surface area contributed by atoms with E-state index in [-0.39, 0.29) is 0 Å². The molecule has 0 aliphatic heterocycles. The summed E-state index contributed by atoms with van der Waals surface area (Å²) in [6, 6.07) is 13.5.